The van der Waals surface area contributed by atoms with Crippen molar-refractivity contribution in [3.63, 3.8) is 0 Å². The Morgan fingerprint density at radius 2 is 1.56 bits per heavy atom. The molecule has 3 aromatic carbocycles. The van der Waals surface area contributed by atoms with Crippen molar-refractivity contribution >= 4 is 40.4 Å². The second-order valence-electron chi connectivity index (χ2n) is 13.8. The Kier molecular flexibility index (Phi) is 12.9. The zero-order valence-corrected chi connectivity index (χ0v) is 30.7. The lowest BCUT2D eigenvalue weighted by Gasteiger charge is -2.24. The van der Waals surface area contributed by atoms with E-state index in [2.05, 4.69) is 20.9 Å². The molecule has 5 rings (SSSR count). The van der Waals surface area contributed by atoms with Gasteiger partial charge in [-0.05, 0) is 108 Å². The first-order valence-corrected chi connectivity index (χ1v) is 17.6. The van der Waals surface area contributed by atoms with Gasteiger partial charge in [0, 0.05) is 35.1 Å². The third-order valence-electron chi connectivity index (χ3n) is 8.32. The summed E-state index contributed by atoms with van der Waals surface area (Å²) in [7, 11) is 1.45. The van der Waals surface area contributed by atoms with E-state index in [1.54, 1.807) is 32.9 Å². The lowest BCUT2D eigenvalue weighted by atomic mass is 10.1. The van der Waals surface area contributed by atoms with Crippen LogP contribution in [0.15, 0.2) is 66.9 Å². The quantitative estimate of drug-likeness (QED) is 0.0688. The summed E-state index contributed by atoms with van der Waals surface area (Å²) < 4.78 is 82.1. The molecule has 294 valence electrons. The number of ether oxygens (including phenoxy) is 5. The van der Waals surface area contributed by atoms with Gasteiger partial charge in [0.2, 0.25) is 0 Å². The van der Waals surface area contributed by atoms with Crippen LogP contribution in [0.5, 0.6) is 23.0 Å². The number of rotatable bonds is 13. The molecule has 1 aromatic heterocycles. The first-order valence-electron chi connectivity index (χ1n) is 17.6. The second kappa shape index (κ2) is 17.6. The molecule has 0 aliphatic heterocycles. The molecule has 0 spiro atoms. The van der Waals surface area contributed by atoms with Crippen molar-refractivity contribution in [2.45, 2.75) is 83.2 Å². The van der Waals surface area contributed by atoms with E-state index in [0.717, 1.165) is 56.0 Å². The van der Waals surface area contributed by atoms with Gasteiger partial charge in [0.05, 0.1) is 24.8 Å². The highest BCUT2D eigenvalue weighted by atomic mass is 19.4. The van der Waals surface area contributed by atoms with Crippen LogP contribution in [0.3, 0.4) is 0 Å². The largest absolute Gasteiger partial charge is 0.493 e. The van der Waals surface area contributed by atoms with Gasteiger partial charge in [-0.3, -0.25) is 4.98 Å². The Morgan fingerprint density at radius 3 is 2.22 bits per heavy atom. The average Bonchev–Trinajstić information content (AvgIpc) is 3.62. The van der Waals surface area contributed by atoms with Gasteiger partial charge in [-0.15, -0.1) is 0 Å². The number of amides is 3. The average molecular weight is 771 g/mol. The Hall–Kier alpha value is -5.80. The van der Waals surface area contributed by atoms with Crippen LogP contribution in [0.4, 0.5) is 38.5 Å². The molecule has 0 radical (unpaired) electrons. The van der Waals surface area contributed by atoms with Crippen LogP contribution in [0, 0.1) is 5.82 Å². The van der Waals surface area contributed by atoms with Crippen LogP contribution in [-0.4, -0.2) is 54.5 Å². The Morgan fingerprint density at radius 1 is 0.873 bits per heavy atom. The maximum atomic E-state index is 15.2. The molecular formula is C39H42F4N4O8. The molecule has 1 fully saturated rings. The predicted molar refractivity (Wildman–Crippen MR) is 195 cm³/mol. The van der Waals surface area contributed by atoms with Crippen molar-refractivity contribution in [2.24, 2.45) is 0 Å². The fourth-order valence-electron chi connectivity index (χ4n) is 5.73. The van der Waals surface area contributed by atoms with E-state index in [-0.39, 0.29) is 42.0 Å². The van der Waals surface area contributed by atoms with Crippen molar-refractivity contribution < 1.29 is 55.6 Å². The summed E-state index contributed by atoms with van der Waals surface area (Å²) in [6, 6.07) is 10.6. The number of anilines is 2. The summed E-state index contributed by atoms with van der Waals surface area (Å²) in [5, 5.41) is 7.92. The van der Waals surface area contributed by atoms with E-state index in [1.807, 2.05) is 0 Å². The number of nitrogens with one attached hydrogen (secondary N) is 3. The number of methoxy groups -OCH3 is 1. The van der Waals surface area contributed by atoms with E-state index in [0.29, 0.717) is 28.8 Å². The highest BCUT2D eigenvalue weighted by Crippen LogP contribution is 2.38. The molecule has 1 aliphatic carbocycles. The number of carbonyl (C=O) groups excluding carboxylic acids is 3. The van der Waals surface area contributed by atoms with Crippen LogP contribution in [0.2, 0.25) is 0 Å². The molecule has 1 aliphatic rings. The van der Waals surface area contributed by atoms with Crippen molar-refractivity contribution in [1.29, 1.82) is 0 Å². The van der Waals surface area contributed by atoms with Gasteiger partial charge in [0.15, 0.2) is 23.1 Å². The maximum Gasteiger partial charge on any atom is 0.416 e. The van der Waals surface area contributed by atoms with Gasteiger partial charge in [-0.25, -0.2) is 18.8 Å². The van der Waals surface area contributed by atoms with E-state index in [4.69, 9.17) is 23.7 Å². The molecular weight excluding hydrogens is 728 g/mol. The van der Waals surface area contributed by atoms with Crippen LogP contribution < -0.4 is 30.2 Å². The van der Waals surface area contributed by atoms with E-state index in [1.165, 1.54) is 31.5 Å². The number of fused-ring (bicyclic) bond motifs is 1. The number of halogens is 4. The molecule has 4 aromatic rings. The van der Waals surface area contributed by atoms with Gasteiger partial charge >= 0.3 is 24.3 Å². The van der Waals surface area contributed by atoms with Gasteiger partial charge in [-0.1, -0.05) is 0 Å². The van der Waals surface area contributed by atoms with Crippen LogP contribution in [0.1, 0.15) is 64.9 Å². The smallest absolute Gasteiger partial charge is 0.416 e. The molecule has 0 unspecified atom stereocenters. The lowest BCUT2D eigenvalue weighted by molar-refractivity contribution is -0.151. The molecule has 3 amide bonds. The number of benzene rings is 3. The minimum absolute atomic E-state index is 0.0648. The minimum Gasteiger partial charge on any atom is -0.493 e. The SMILES string of the molecule is COc1cc2c(Oc3ccc(NC(=O)Nc4ccc(C(F)(F)F)cc4)cc3F)ccnc2cc1OCCC[C@@H](NC(=O)OC(C)(C)C)C(=O)OC1CCCC1. The molecule has 0 saturated heterocycles. The molecule has 16 heteroatoms. The highest BCUT2D eigenvalue weighted by Gasteiger charge is 2.30. The summed E-state index contributed by atoms with van der Waals surface area (Å²) in [5.41, 5.74) is -1.000. The minimum atomic E-state index is -4.52. The summed E-state index contributed by atoms with van der Waals surface area (Å²) in [5.74, 6) is -0.583. The van der Waals surface area contributed by atoms with Crippen molar-refractivity contribution in [3.8, 4) is 23.0 Å². The fraction of sp³-hybridized carbons (Fsp3) is 0.385. The van der Waals surface area contributed by atoms with Crippen LogP contribution in [-0.2, 0) is 20.4 Å². The Bertz CT molecular complexity index is 1980. The number of hydrogen-bond acceptors (Lipinski definition) is 9. The van der Waals surface area contributed by atoms with Crippen molar-refractivity contribution in [1.82, 2.24) is 10.3 Å². The number of alkyl halides is 3. The van der Waals surface area contributed by atoms with E-state index < -0.39 is 47.3 Å². The second-order valence-corrected chi connectivity index (χ2v) is 13.8. The summed E-state index contributed by atoms with van der Waals surface area (Å²) in [6.45, 7) is 5.33. The van der Waals surface area contributed by atoms with E-state index in [9.17, 15) is 27.6 Å². The number of urea groups is 1. The highest BCUT2D eigenvalue weighted by molar-refractivity contribution is 5.99. The number of aromatic nitrogens is 1. The predicted octanol–water partition coefficient (Wildman–Crippen LogP) is 9.38. The van der Waals surface area contributed by atoms with Crippen LogP contribution >= 0.6 is 0 Å². The molecule has 1 saturated carbocycles. The lowest BCUT2D eigenvalue weighted by Crippen LogP contribution is -2.45. The molecule has 55 heavy (non-hydrogen) atoms. The number of pyridine rings is 1. The number of carbonyl (C=O) groups is 3. The monoisotopic (exact) mass is 770 g/mol. The van der Waals surface area contributed by atoms with Gasteiger partial charge in [-0.2, -0.15) is 13.2 Å². The molecule has 1 heterocycles. The maximum absolute atomic E-state index is 15.2. The van der Waals surface area contributed by atoms with Crippen LogP contribution in [0.25, 0.3) is 10.9 Å². The Balaban J connectivity index is 1.21. The first-order chi connectivity index (χ1) is 26.1. The number of nitrogens with zero attached hydrogens (tertiary/aromatic N) is 1. The van der Waals surface area contributed by atoms with Gasteiger partial charge in [0.25, 0.3) is 0 Å². The van der Waals surface area contributed by atoms with Gasteiger partial charge < -0.3 is 39.6 Å². The number of hydrogen-bond donors (Lipinski definition) is 3. The molecule has 12 nitrogen and oxygen atoms in total. The third kappa shape index (κ3) is 11.6. The number of alkyl carbamates (subject to hydrolysis) is 1. The number of esters is 1. The molecule has 0 bridgehead atoms. The molecule has 3 N–H and O–H groups in total. The normalized spacial score (nSPS) is 13.8. The standard InChI is InChI=1S/C39H42F4N4O8/c1-38(2,3)55-37(50)47-29(35(48)53-26-8-5-6-9-26)10-7-19-52-34-22-30-27(21-33(34)51-4)31(17-18-44-30)54-32-16-15-25(20-28(32)40)46-36(49)45-24-13-11-23(12-14-24)39(41,42)43/h11-18,20-22,26,29H,5-10,19H2,1-4H3,(H,47,50)(H2,45,46,49)/t29-/m1/s1. The summed E-state index contributed by atoms with van der Waals surface area (Å²) >= 11 is 0. The zero-order chi connectivity index (χ0) is 39.8. The van der Waals surface area contributed by atoms with Crippen molar-refractivity contribution in [3.05, 3.63) is 78.2 Å². The van der Waals surface area contributed by atoms with Crippen molar-refractivity contribution in [2.75, 3.05) is 24.4 Å². The fourth-order valence-corrected chi connectivity index (χ4v) is 5.73. The summed E-state index contributed by atoms with van der Waals surface area (Å²) in [6.07, 6.45) is 0.175. The molecule has 1 atom stereocenters. The topological polar surface area (TPSA) is 146 Å². The zero-order valence-electron chi connectivity index (χ0n) is 30.7. The first kappa shape index (κ1) is 40.4. The summed E-state index contributed by atoms with van der Waals surface area (Å²) in [4.78, 5) is 42.3. The third-order valence-corrected chi connectivity index (χ3v) is 8.32. The Labute approximate surface area is 314 Å². The van der Waals surface area contributed by atoms with Gasteiger partial charge in [0.1, 0.15) is 23.5 Å². The van der Waals surface area contributed by atoms with E-state index >= 15 is 4.39 Å².